The Hall–Kier alpha value is -1.55. The summed E-state index contributed by atoms with van der Waals surface area (Å²) in [5.41, 5.74) is 14.2. The van der Waals surface area contributed by atoms with E-state index in [2.05, 4.69) is 0 Å². The summed E-state index contributed by atoms with van der Waals surface area (Å²) in [5, 5.41) is 0. The topological polar surface area (TPSA) is 72.3 Å². The van der Waals surface area contributed by atoms with Gasteiger partial charge in [-0.2, -0.15) is 0 Å². The molecule has 0 aromatic heterocycles. The summed E-state index contributed by atoms with van der Waals surface area (Å²) in [6, 6.07) is 6.27. The summed E-state index contributed by atoms with van der Waals surface area (Å²) >= 11 is 0. The van der Waals surface area contributed by atoms with Crippen molar-refractivity contribution in [1.82, 2.24) is 0 Å². The minimum absolute atomic E-state index is 0.204. The zero-order valence-electron chi connectivity index (χ0n) is 10.7. The van der Waals surface area contributed by atoms with E-state index in [1.54, 1.807) is 0 Å². The monoisotopic (exact) mass is 235 g/mol. The average molecular weight is 235 g/mol. The van der Waals surface area contributed by atoms with Gasteiger partial charge in [0.15, 0.2) is 0 Å². The number of primary amides is 1. The zero-order valence-corrected chi connectivity index (χ0v) is 10.7. The highest BCUT2D eigenvalue weighted by molar-refractivity contribution is 5.80. The van der Waals surface area contributed by atoms with Crippen molar-refractivity contribution in [3.8, 4) is 0 Å². The minimum atomic E-state index is -0.331. The molecule has 0 bridgehead atoms. The lowest BCUT2D eigenvalue weighted by atomic mass is 10.1. The first-order valence-electron chi connectivity index (χ1n) is 5.80. The fourth-order valence-corrected chi connectivity index (χ4v) is 1.87. The standard InChI is InChI=1S/C13H21N3O/c1-9(2)16(8-13(15)17)12-5-4-10(3)6-11(12)7-14/h4-6,9H,7-8,14H2,1-3H3,(H2,15,17). The Morgan fingerprint density at radius 1 is 1.41 bits per heavy atom. The highest BCUT2D eigenvalue weighted by Crippen LogP contribution is 2.23. The van der Waals surface area contributed by atoms with E-state index in [0.29, 0.717) is 6.54 Å². The van der Waals surface area contributed by atoms with Gasteiger partial charge in [0.25, 0.3) is 0 Å². The van der Waals surface area contributed by atoms with E-state index in [1.807, 2.05) is 43.9 Å². The van der Waals surface area contributed by atoms with Crippen LogP contribution < -0.4 is 16.4 Å². The fourth-order valence-electron chi connectivity index (χ4n) is 1.87. The van der Waals surface area contributed by atoms with Crippen LogP contribution in [0, 0.1) is 6.92 Å². The number of hydrogen-bond donors (Lipinski definition) is 2. The lowest BCUT2D eigenvalue weighted by molar-refractivity contribution is -0.116. The molecule has 4 heteroatoms. The number of carbonyl (C=O) groups is 1. The van der Waals surface area contributed by atoms with Gasteiger partial charge in [-0.15, -0.1) is 0 Å². The molecule has 0 radical (unpaired) electrons. The second-order valence-corrected chi connectivity index (χ2v) is 4.52. The van der Waals surface area contributed by atoms with Crippen molar-refractivity contribution in [2.45, 2.75) is 33.4 Å². The Labute approximate surface area is 103 Å². The third-order valence-electron chi connectivity index (χ3n) is 2.71. The van der Waals surface area contributed by atoms with Gasteiger partial charge in [0.05, 0.1) is 6.54 Å². The molecule has 0 heterocycles. The Morgan fingerprint density at radius 2 is 2.06 bits per heavy atom. The summed E-state index contributed by atoms with van der Waals surface area (Å²) in [7, 11) is 0. The second kappa shape index (κ2) is 5.68. The Morgan fingerprint density at radius 3 is 2.53 bits per heavy atom. The van der Waals surface area contributed by atoms with Gasteiger partial charge >= 0.3 is 0 Å². The smallest absolute Gasteiger partial charge is 0.236 e. The maximum atomic E-state index is 11.1. The van der Waals surface area contributed by atoms with Crippen LogP contribution in [0.25, 0.3) is 0 Å². The van der Waals surface area contributed by atoms with Gasteiger partial charge in [0.2, 0.25) is 5.91 Å². The van der Waals surface area contributed by atoms with Crippen molar-refractivity contribution >= 4 is 11.6 Å². The molecule has 0 aliphatic heterocycles. The van der Waals surface area contributed by atoms with Crippen LogP contribution in [-0.2, 0) is 11.3 Å². The molecule has 1 aromatic carbocycles. The molecule has 17 heavy (non-hydrogen) atoms. The molecule has 0 aliphatic rings. The van der Waals surface area contributed by atoms with Gasteiger partial charge in [-0.1, -0.05) is 17.7 Å². The maximum absolute atomic E-state index is 11.1. The maximum Gasteiger partial charge on any atom is 0.236 e. The quantitative estimate of drug-likeness (QED) is 0.804. The molecule has 0 aliphatic carbocycles. The van der Waals surface area contributed by atoms with Crippen LogP contribution in [0.2, 0.25) is 0 Å². The number of nitrogens with two attached hydrogens (primary N) is 2. The molecule has 1 amide bonds. The number of benzene rings is 1. The lowest BCUT2D eigenvalue weighted by Crippen LogP contribution is -2.39. The van der Waals surface area contributed by atoms with E-state index in [0.717, 1.165) is 16.8 Å². The van der Waals surface area contributed by atoms with E-state index in [9.17, 15) is 4.79 Å². The molecule has 0 fully saturated rings. The highest BCUT2D eigenvalue weighted by atomic mass is 16.1. The van der Waals surface area contributed by atoms with Crippen molar-refractivity contribution in [2.24, 2.45) is 11.5 Å². The molecule has 4 nitrogen and oxygen atoms in total. The van der Waals surface area contributed by atoms with Gasteiger partial charge in [-0.25, -0.2) is 0 Å². The molecule has 4 N–H and O–H groups in total. The van der Waals surface area contributed by atoms with Crippen molar-refractivity contribution < 1.29 is 4.79 Å². The highest BCUT2D eigenvalue weighted by Gasteiger charge is 2.15. The molecule has 0 saturated heterocycles. The number of rotatable bonds is 5. The largest absolute Gasteiger partial charge is 0.368 e. The summed E-state index contributed by atoms with van der Waals surface area (Å²) in [5.74, 6) is -0.331. The van der Waals surface area contributed by atoms with Crippen LogP contribution in [0.15, 0.2) is 18.2 Å². The summed E-state index contributed by atoms with van der Waals surface area (Å²) in [4.78, 5) is 13.1. The third-order valence-corrected chi connectivity index (χ3v) is 2.71. The van der Waals surface area contributed by atoms with Crippen LogP contribution >= 0.6 is 0 Å². The Balaban J connectivity index is 3.13. The van der Waals surface area contributed by atoms with Crippen molar-refractivity contribution in [3.63, 3.8) is 0 Å². The lowest BCUT2D eigenvalue weighted by Gasteiger charge is -2.29. The number of hydrogen-bond acceptors (Lipinski definition) is 3. The summed E-state index contributed by atoms with van der Waals surface area (Å²) < 4.78 is 0. The number of nitrogens with zero attached hydrogens (tertiary/aromatic N) is 1. The molecule has 0 atom stereocenters. The van der Waals surface area contributed by atoms with Crippen LogP contribution in [0.3, 0.4) is 0 Å². The molecule has 1 aromatic rings. The van der Waals surface area contributed by atoms with Crippen LogP contribution in [0.1, 0.15) is 25.0 Å². The van der Waals surface area contributed by atoms with Crippen molar-refractivity contribution in [3.05, 3.63) is 29.3 Å². The minimum Gasteiger partial charge on any atom is -0.368 e. The molecular weight excluding hydrogens is 214 g/mol. The van der Waals surface area contributed by atoms with E-state index in [1.165, 1.54) is 0 Å². The molecule has 0 unspecified atom stereocenters. The van der Waals surface area contributed by atoms with E-state index >= 15 is 0 Å². The molecule has 94 valence electrons. The number of aryl methyl sites for hydroxylation is 1. The van der Waals surface area contributed by atoms with Crippen molar-refractivity contribution in [2.75, 3.05) is 11.4 Å². The molecule has 0 spiro atoms. The van der Waals surface area contributed by atoms with Crippen LogP contribution in [0.5, 0.6) is 0 Å². The predicted octanol–water partition coefficient (Wildman–Crippen LogP) is 1.15. The summed E-state index contributed by atoms with van der Waals surface area (Å²) in [6.07, 6.45) is 0. The Bertz CT molecular complexity index is 402. The second-order valence-electron chi connectivity index (χ2n) is 4.52. The van der Waals surface area contributed by atoms with Gasteiger partial charge in [0.1, 0.15) is 0 Å². The SMILES string of the molecule is Cc1ccc(N(CC(N)=O)C(C)C)c(CN)c1. The van der Waals surface area contributed by atoms with Crippen molar-refractivity contribution in [1.29, 1.82) is 0 Å². The first kappa shape index (κ1) is 13.5. The first-order chi connectivity index (χ1) is 7.95. The van der Waals surface area contributed by atoms with E-state index in [4.69, 9.17) is 11.5 Å². The van der Waals surface area contributed by atoms with E-state index in [-0.39, 0.29) is 18.5 Å². The van der Waals surface area contributed by atoms with Gasteiger partial charge in [0, 0.05) is 18.3 Å². The predicted molar refractivity (Wildman–Crippen MR) is 70.7 cm³/mol. The van der Waals surface area contributed by atoms with Crippen LogP contribution in [-0.4, -0.2) is 18.5 Å². The third kappa shape index (κ3) is 3.46. The Kier molecular flexibility index (Phi) is 4.52. The molecule has 0 saturated carbocycles. The average Bonchev–Trinajstić information content (AvgIpc) is 2.25. The van der Waals surface area contributed by atoms with Crippen LogP contribution in [0.4, 0.5) is 5.69 Å². The summed E-state index contributed by atoms with van der Waals surface area (Å²) in [6.45, 7) is 6.76. The van der Waals surface area contributed by atoms with Gasteiger partial charge in [-0.3, -0.25) is 4.79 Å². The fraction of sp³-hybridized carbons (Fsp3) is 0.462. The first-order valence-corrected chi connectivity index (χ1v) is 5.80. The number of anilines is 1. The number of carbonyl (C=O) groups excluding carboxylic acids is 1. The van der Waals surface area contributed by atoms with E-state index < -0.39 is 0 Å². The van der Waals surface area contributed by atoms with Gasteiger partial charge in [-0.05, 0) is 32.4 Å². The zero-order chi connectivity index (χ0) is 13.0. The van der Waals surface area contributed by atoms with Gasteiger partial charge < -0.3 is 16.4 Å². The molecular formula is C13H21N3O. The normalized spacial score (nSPS) is 10.6. The molecule has 1 rings (SSSR count). The number of amides is 1.